The Morgan fingerprint density at radius 1 is 1.38 bits per heavy atom. The zero-order valence-corrected chi connectivity index (χ0v) is 12.7. The van der Waals surface area contributed by atoms with Crippen LogP contribution in [0.3, 0.4) is 0 Å². The zero-order chi connectivity index (χ0) is 15.0. The highest BCUT2D eigenvalue weighted by molar-refractivity contribution is 5.80. The molecule has 1 atom stereocenters. The van der Waals surface area contributed by atoms with Crippen molar-refractivity contribution in [3.8, 4) is 0 Å². The number of piperazine rings is 1. The molecule has 0 aromatic heterocycles. The van der Waals surface area contributed by atoms with Crippen LogP contribution in [0.1, 0.15) is 33.1 Å². The molecule has 6 heteroatoms. The van der Waals surface area contributed by atoms with Gasteiger partial charge in [-0.05, 0) is 38.5 Å². The SMILES string of the molecule is CC(C)(C(=O)O)C12CC(N3C[C@@H]4CNCCN4C3=O)(C1)C2. The molecular weight excluding hydrogens is 270 g/mol. The molecule has 2 N–H and O–H groups in total. The Bertz CT molecular complexity index is 510. The van der Waals surface area contributed by atoms with Gasteiger partial charge in [-0.25, -0.2) is 4.79 Å². The number of fused-ring (bicyclic) bond motifs is 1. The lowest BCUT2D eigenvalue weighted by atomic mass is 9.32. The van der Waals surface area contributed by atoms with Gasteiger partial charge in [-0.15, -0.1) is 0 Å². The second kappa shape index (κ2) is 3.72. The third kappa shape index (κ3) is 1.42. The third-order valence-electron chi connectivity index (χ3n) is 6.66. The summed E-state index contributed by atoms with van der Waals surface area (Å²) in [6.07, 6.45) is 2.58. The molecule has 21 heavy (non-hydrogen) atoms. The highest BCUT2D eigenvalue weighted by Gasteiger charge is 2.77. The van der Waals surface area contributed by atoms with Gasteiger partial charge in [0.05, 0.1) is 11.5 Å². The van der Waals surface area contributed by atoms with Gasteiger partial charge in [0.2, 0.25) is 0 Å². The standard InChI is InChI=1S/C15H23N3O3/c1-13(2,11(19)20)14-7-15(8-14,9-14)18-6-10-5-16-3-4-17(10)12(18)21/h10,16H,3-9H2,1-2H3,(H,19,20)/t10-,14?,15?/m0/s1. The van der Waals surface area contributed by atoms with Crippen molar-refractivity contribution >= 4 is 12.0 Å². The number of urea groups is 1. The van der Waals surface area contributed by atoms with Crippen LogP contribution in [-0.2, 0) is 4.79 Å². The fraction of sp³-hybridized carbons (Fsp3) is 0.867. The highest BCUT2D eigenvalue weighted by Crippen LogP contribution is 2.76. The topological polar surface area (TPSA) is 72.9 Å². The maximum atomic E-state index is 12.6. The van der Waals surface area contributed by atoms with E-state index < -0.39 is 11.4 Å². The zero-order valence-electron chi connectivity index (χ0n) is 12.7. The molecule has 0 radical (unpaired) electrons. The predicted octanol–water partition coefficient (Wildman–Crippen LogP) is 0.729. The number of nitrogens with zero attached hydrogens (tertiary/aromatic N) is 2. The van der Waals surface area contributed by atoms with Gasteiger partial charge in [0.1, 0.15) is 0 Å². The van der Waals surface area contributed by atoms with Gasteiger partial charge in [-0.3, -0.25) is 4.79 Å². The van der Waals surface area contributed by atoms with E-state index in [4.69, 9.17) is 0 Å². The first-order valence-electron chi connectivity index (χ1n) is 7.84. The van der Waals surface area contributed by atoms with E-state index >= 15 is 0 Å². The molecular formula is C15H23N3O3. The van der Waals surface area contributed by atoms with Crippen molar-refractivity contribution in [2.75, 3.05) is 26.2 Å². The van der Waals surface area contributed by atoms with E-state index in [-0.39, 0.29) is 17.0 Å². The Hall–Kier alpha value is -1.30. The van der Waals surface area contributed by atoms with E-state index in [1.165, 1.54) is 0 Å². The van der Waals surface area contributed by atoms with Crippen LogP contribution in [0.15, 0.2) is 0 Å². The number of amides is 2. The van der Waals surface area contributed by atoms with Crippen LogP contribution in [0.25, 0.3) is 0 Å². The van der Waals surface area contributed by atoms with E-state index in [1.807, 2.05) is 23.6 Å². The van der Waals surface area contributed by atoms with Crippen molar-refractivity contribution in [2.45, 2.75) is 44.7 Å². The van der Waals surface area contributed by atoms with Crippen molar-refractivity contribution in [2.24, 2.45) is 10.8 Å². The van der Waals surface area contributed by atoms with Crippen molar-refractivity contribution < 1.29 is 14.7 Å². The summed E-state index contributed by atoms with van der Waals surface area (Å²) in [5.41, 5.74) is -0.826. The molecule has 0 aromatic carbocycles. The first-order chi connectivity index (χ1) is 9.81. The van der Waals surface area contributed by atoms with E-state index in [1.54, 1.807) is 0 Å². The summed E-state index contributed by atoms with van der Waals surface area (Å²) in [5, 5.41) is 12.8. The Morgan fingerprint density at radius 3 is 2.62 bits per heavy atom. The molecule has 2 aliphatic heterocycles. The van der Waals surface area contributed by atoms with Crippen LogP contribution in [0.2, 0.25) is 0 Å². The van der Waals surface area contributed by atoms with Crippen LogP contribution in [0.4, 0.5) is 4.79 Å². The average Bonchev–Trinajstić information content (AvgIpc) is 2.64. The van der Waals surface area contributed by atoms with E-state index in [2.05, 4.69) is 5.32 Å². The lowest BCUT2D eigenvalue weighted by Crippen LogP contribution is -2.79. The van der Waals surface area contributed by atoms with Gasteiger partial charge in [-0.2, -0.15) is 0 Å². The fourth-order valence-corrected chi connectivity index (χ4v) is 4.93. The van der Waals surface area contributed by atoms with E-state index in [0.717, 1.165) is 45.4 Å². The predicted molar refractivity (Wildman–Crippen MR) is 75.9 cm³/mol. The fourth-order valence-electron chi connectivity index (χ4n) is 4.93. The van der Waals surface area contributed by atoms with Crippen molar-refractivity contribution in [3.05, 3.63) is 0 Å². The number of hydrogen-bond donors (Lipinski definition) is 2. The van der Waals surface area contributed by atoms with Crippen molar-refractivity contribution in [1.82, 2.24) is 15.1 Å². The molecule has 5 aliphatic rings. The second-order valence-corrected chi connectivity index (χ2v) is 7.91. The van der Waals surface area contributed by atoms with E-state index in [9.17, 15) is 14.7 Å². The molecule has 0 spiro atoms. The minimum Gasteiger partial charge on any atom is -0.481 e. The lowest BCUT2D eigenvalue weighted by Gasteiger charge is -2.76. The molecule has 5 fully saturated rings. The average molecular weight is 293 g/mol. The van der Waals surface area contributed by atoms with E-state index in [0.29, 0.717) is 6.04 Å². The van der Waals surface area contributed by atoms with Crippen molar-refractivity contribution in [1.29, 1.82) is 0 Å². The van der Waals surface area contributed by atoms with Gasteiger partial charge in [-0.1, -0.05) is 0 Å². The monoisotopic (exact) mass is 293 g/mol. The lowest BCUT2D eigenvalue weighted by molar-refractivity contribution is -0.256. The Labute approximate surface area is 124 Å². The quantitative estimate of drug-likeness (QED) is 0.804. The normalized spacial score (nSPS) is 41.4. The summed E-state index contributed by atoms with van der Waals surface area (Å²) < 4.78 is 0. The van der Waals surface area contributed by atoms with Crippen LogP contribution in [-0.4, -0.2) is 64.7 Å². The number of carboxylic acids is 1. The Kier molecular flexibility index (Phi) is 2.37. The first-order valence-corrected chi connectivity index (χ1v) is 7.84. The minimum absolute atomic E-state index is 0.0405. The summed E-state index contributed by atoms with van der Waals surface area (Å²) in [7, 11) is 0. The number of carbonyl (C=O) groups excluding carboxylic acids is 1. The summed E-state index contributed by atoms with van der Waals surface area (Å²) in [5.74, 6) is -0.717. The molecule has 0 aromatic rings. The number of carbonyl (C=O) groups is 2. The number of nitrogens with one attached hydrogen (secondary N) is 1. The van der Waals surface area contributed by atoms with Gasteiger partial charge < -0.3 is 20.2 Å². The van der Waals surface area contributed by atoms with Gasteiger partial charge in [0, 0.05) is 31.7 Å². The maximum Gasteiger partial charge on any atom is 0.320 e. The Morgan fingerprint density at radius 2 is 2.05 bits per heavy atom. The van der Waals surface area contributed by atoms with Crippen molar-refractivity contribution in [3.63, 3.8) is 0 Å². The van der Waals surface area contributed by atoms with Gasteiger partial charge in [0.25, 0.3) is 0 Å². The number of hydrogen-bond acceptors (Lipinski definition) is 3. The first kappa shape index (κ1) is 13.4. The molecule has 116 valence electrons. The summed E-state index contributed by atoms with van der Waals surface area (Å²) in [4.78, 5) is 28.1. The van der Waals surface area contributed by atoms with Crippen LogP contribution < -0.4 is 5.32 Å². The highest BCUT2D eigenvalue weighted by atomic mass is 16.4. The molecule has 2 amide bonds. The second-order valence-electron chi connectivity index (χ2n) is 7.91. The molecule has 3 aliphatic carbocycles. The summed E-state index contributed by atoms with van der Waals surface area (Å²) in [6.45, 7) is 7.01. The third-order valence-corrected chi connectivity index (χ3v) is 6.66. The summed E-state index contributed by atoms with van der Waals surface area (Å²) >= 11 is 0. The molecule has 5 rings (SSSR count). The number of aliphatic carboxylic acids is 1. The molecule has 2 saturated heterocycles. The molecule has 2 heterocycles. The molecule has 6 nitrogen and oxygen atoms in total. The molecule has 0 unspecified atom stereocenters. The smallest absolute Gasteiger partial charge is 0.320 e. The number of carboxylic acid groups (broad SMARTS) is 1. The maximum absolute atomic E-state index is 12.6. The number of rotatable bonds is 3. The van der Waals surface area contributed by atoms with Crippen LogP contribution in [0, 0.1) is 10.8 Å². The van der Waals surface area contributed by atoms with Crippen LogP contribution >= 0.6 is 0 Å². The minimum atomic E-state index is -0.717. The summed E-state index contributed by atoms with van der Waals surface area (Å²) in [6, 6.07) is 0.464. The van der Waals surface area contributed by atoms with Gasteiger partial charge >= 0.3 is 12.0 Å². The largest absolute Gasteiger partial charge is 0.481 e. The molecule has 2 bridgehead atoms. The molecule has 3 saturated carbocycles. The van der Waals surface area contributed by atoms with Gasteiger partial charge in [0.15, 0.2) is 0 Å². The van der Waals surface area contributed by atoms with Crippen LogP contribution in [0.5, 0.6) is 0 Å². The Balaban J connectivity index is 1.50.